The first kappa shape index (κ1) is 15.1. The molecule has 104 valence electrons. The molecule has 1 aromatic heterocycles. The van der Waals surface area contributed by atoms with Crippen molar-refractivity contribution in [3.05, 3.63) is 17.5 Å². The summed E-state index contributed by atoms with van der Waals surface area (Å²) in [7, 11) is 6.14. The molecule has 0 aliphatic carbocycles. The zero-order valence-electron chi connectivity index (χ0n) is 12.5. The summed E-state index contributed by atoms with van der Waals surface area (Å²) in [5.41, 5.74) is 5.26. The normalized spacial score (nSPS) is 14.2. The predicted molar refractivity (Wildman–Crippen MR) is 75.2 cm³/mol. The van der Waals surface area contributed by atoms with Gasteiger partial charge in [0, 0.05) is 30.7 Å². The molecule has 0 spiro atoms. The van der Waals surface area contributed by atoms with Gasteiger partial charge in [0.15, 0.2) is 0 Å². The standard InChI is InChI=1S/C13H27N5/c1-7-10-8-11(18(6)16-10)9-12(15-14)13(2,3)17(4)5/h8,12,15H,7,9,14H2,1-6H3. The maximum absolute atomic E-state index is 5.73. The molecular weight excluding hydrogens is 226 g/mol. The van der Waals surface area contributed by atoms with Crippen LogP contribution < -0.4 is 11.3 Å². The Morgan fingerprint density at radius 2 is 2.11 bits per heavy atom. The molecule has 18 heavy (non-hydrogen) atoms. The molecule has 0 aliphatic rings. The van der Waals surface area contributed by atoms with Crippen LogP contribution in [0.15, 0.2) is 6.07 Å². The number of aromatic nitrogens is 2. The SMILES string of the molecule is CCc1cc(CC(NN)C(C)(C)N(C)C)n(C)n1. The topological polar surface area (TPSA) is 59.1 Å². The molecule has 0 aliphatic heterocycles. The first-order valence-electron chi connectivity index (χ1n) is 6.48. The highest BCUT2D eigenvalue weighted by molar-refractivity contribution is 5.13. The highest BCUT2D eigenvalue weighted by atomic mass is 15.3. The van der Waals surface area contributed by atoms with E-state index in [1.807, 2.05) is 11.7 Å². The van der Waals surface area contributed by atoms with Crippen molar-refractivity contribution in [2.75, 3.05) is 14.1 Å². The molecule has 1 atom stereocenters. The van der Waals surface area contributed by atoms with Gasteiger partial charge < -0.3 is 4.90 Å². The van der Waals surface area contributed by atoms with Crippen molar-refractivity contribution in [2.45, 2.75) is 45.2 Å². The molecule has 0 aromatic carbocycles. The summed E-state index contributed by atoms with van der Waals surface area (Å²) in [5, 5.41) is 4.48. The molecule has 1 aromatic rings. The van der Waals surface area contributed by atoms with Crippen molar-refractivity contribution in [1.82, 2.24) is 20.1 Å². The Morgan fingerprint density at radius 3 is 2.50 bits per heavy atom. The van der Waals surface area contributed by atoms with Crippen LogP contribution in [-0.4, -0.2) is 40.4 Å². The van der Waals surface area contributed by atoms with Crippen LogP contribution >= 0.6 is 0 Å². The van der Waals surface area contributed by atoms with Crippen LogP contribution in [-0.2, 0) is 19.9 Å². The summed E-state index contributed by atoms with van der Waals surface area (Å²) >= 11 is 0. The molecule has 0 saturated heterocycles. The Morgan fingerprint density at radius 1 is 1.50 bits per heavy atom. The van der Waals surface area contributed by atoms with E-state index >= 15 is 0 Å². The molecular formula is C13H27N5. The number of aryl methyl sites for hydroxylation is 2. The summed E-state index contributed by atoms with van der Waals surface area (Å²) in [6.07, 6.45) is 1.83. The van der Waals surface area contributed by atoms with Gasteiger partial charge >= 0.3 is 0 Å². The van der Waals surface area contributed by atoms with Crippen LogP contribution in [0.5, 0.6) is 0 Å². The Hall–Kier alpha value is -0.910. The van der Waals surface area contributed by atoms with Gasteiger partial charge in [0.25, 0.3) is 0 Å². The monoisotopic (exact) mass is 253 g/mol. The van der Waals surface area contributed by atoms with Crippen LogP contribution in [0.25, 0.3) is 0 Å². The van der Waals surface area contributed by atoms with Gasteiger partial charge in [-0.1, -0.05) is 6.92 Å². The van der Waals surface area contributed by atoms with Gasteiger partial charge in [0.05, 0.1) is 5.69 Å². The van der Waals surface area contributed by atoms with Crippen LogP contribution in [0.4, 0.5) is 0 Å². The van der Waals surface area contributed by atoms with E-state index in [0.717, 1.165) is 18.5 Å². The largest absolute Gasteiger partial charge is 0.303 e. The molecule has 0 amide bonds. The lowest BCUT2D eigenvalue weighted by Gasteiger charge is -2.39. The molecule has 0 radical (unpaired) electrons. The second-order valence-electron chi connectivity index (χ2n) is 5.58. The van der Waals surface area contributed by atoms with Crippen LogP contribution in [0.2, 0.25) is 0 Å². The summed E-state index contributed by atoms with van der Waals surface area (Å²) < 4.78 is 1.95. The average molecular weight is 253 g/mol. The third-order valence-corrected chi connectivity index (χ3v) is 4.01. The number of hydrogen-bond acceptors (Lipinski definition) is 4. The van der Waals surface area contributed by atoms with Crippen molar-refractivity contribution in [3.8, 4) is 0 Å². The third-order valence-electron chi connectivity index (χ3n) is 4.01. The summed E-state index contributed by atoms with van der Waals surface area (Å²) in [6.45, 7) is 6.50. The van der Waals surface area contributed by atoms with Crippen molar-refractivity contribution in [1.29, 1.82) is 0 Å². The minimum atomic E-state index is -0.0224. The van der Waals surface area contributed by atoms with Crippen molar-refractivity contribution in [3.63, 3.8) is 0 Å². The molecule has 3 N–H and O–H groups in total. The molecule has 0 bridgehead atoms. The summed E-state index contributed by atoms with van der Waals surface area (Å²) in [5.74, 6) is 5.73. The minimum Gasteiger partial charge on any atom is -0.303 e. The van der Waals surface area contributed by atoms with E-state index in [4.69, 9.17) is 5.84 Å². The smallest absolute Gasteiger partial charge is 0.0624 e. The number of nitrogens with zero attached hydrogens (tertiary/aromatic N) is 3. The van der Waals surface area contributed by atoms with Gasteiger partial charge in [-0.15, -0.1) is 0 Å². The van der Waals surface area contributed by atoms with E-state index in [1.54, 1.807) is 0 Å². The predicted octanol–water partition coefficient (Wildman–Crippen LogP) is 0.697. The molecule has 1 heterocycles. The number of likely N-dealkylation sites (N-methyl/N-ethyl adjacent to an activating group) is 1. The van der Waals surface area contributed by atoms with E-state index in [1.165, 1.54) is 5.69 Å². The van der Waals surface area contributed by atoms with Gasteiger partial charge in [-0.05, 0) is 40.4 Å². The first-order valence-corrected chi connectivity index (χ1v) is 6.48. The fraction of sp³-hybridized carbons (Fsp3) is 0.769. The first-order chi connectivity index (χ1) is 8.32. The molecule has 5 heteroatoms. The second kappa shape index (κ2) is 5.82. The zero-order valence-corrected chi connectivity index (χ0v) is 12.5. The Kier molecular flexibility index (Phi) is 4.90. The highest BCUT2D eigenvalue weighted by Gasteiger charge is 2.31. The lowest BCUT2D eigenvalue weighted by atomic mass is 9.90. The maximum atomic E-state index is 5.73. The van der Waals surface area contributed by atoms with E-state index < -0.39 is 0 Å². The van der Waals surface area contributed by atoms with E-state index in [-0.39, 0.29) is 11.6 Å². The average Bonchev–Trinajstić information content (AvgIpc) is 2.66. The van der Waals surface area contributed by atoms with Crippen LogP contribution in [0.1, 0.15) is 32.2 Å². The quantitative estimate of drug-likeness (QED) is 0.579. The highest BCUT2D eigenvalue weighted by Crippen LogP contribution is 2.19. The molecule has 0 saturated carbocycles. The van der Waals surface area contributed by atoms with Crippen LogP contribution in [0.3, 0.4) is 0 Å². The Bertz CT molecular complexity index is 381. The number of nitrogens with one attached hydrogen (secondary N) is 1. The maximum Gasteiger partial charge on any atom is 0.0624 e. The lowest BCUT2D eigenvalue weighted by Crippen LogP contribution is -2.58. The number of hydrazine groups is 1. The Balaban J connectivity index is 2.89. The molecule has 5 nitrogen and oxygen atoms in total. The van der Waals surface area contributed by atoms with E-state index in [0.29, 0.717) is 0 Å². The van der Waals surface area contributed by atoms with Gasteiger partial charge in [-0.2, -0.15) is 5.10 Å². The van der Waals surface area contributed by atoms with Crippen molar-refractivity contribution in [2.24, 2.45) is 12.9 Å². The second-order valence-corrected chi connectivity index (χ2v) is 5.58. The third kappa shape index (κ3) is 3.10. The fourth-order valence-corrected chi connectivity index (χ4v) is 1.97. The zero-order chi connectivity index (χ0) is 13.9. The van der Waals surface area contributed by atoms with Gasteiger partial charge in [-0.25, -0.2) is 0 Å². The number of rotatable bonds is 6. The van der Waals surface area contributed by atoms with Gasteiger partial charge in [0.1, 0.15) is 0 Å². The fourth-order valence-electron chi connectivity index (χ4n) is 1.97. The minimum absolute atomic E-state index is 0.0224. The molecule has 1 unspecified atom stereocenters. The van der Waals surface area contributed by atoms with Gasteiger partial charge in [-0.3, -0.25) is 16.0 Å². The van der Waals surface area contributed by atoms with Crippen molar-refractivity contribution < 1.29 is 0 Å². The lowest BCUT2D eigenvalue weighted by molar-refractivity contribution is 0.136. The van der Waals surface area contributed by atoms with Crippen LogP contribution in [0, 0.1) is 0 Å². The molecule has 0 fully saturated rings. The molecule has 1 rings (SSSR count). The van der Waals surface area contributed by atoms with Crippen molar-refractivity contribution >= 4 is 0 Å². The van der Waals surface area contributed by atoms with E-state index in [9.17, 15) is 0 Å². The number of hydrogen-bond donors (Lipinski definition) is 2. The van der Waals surface area contributed by atoms with Gasteiger partial charge in [0.2, 0.25) is 0 Å². The van der Waals surface area contributed by atoms with E-state index in [2.05, 4.69) is 56.4 Å². The summed E-state index contributed by atoms with van der Waals surface area (Å²) in [6, 6.07) is 2.34. The number of nitrogens with two attached hydrogens (primary N) is 1. The Labute approximate surface area is 110 Å². The summed E-state index contributed by atoms with van der Waals surface area (Å²) in [4.78, 5) is 2.19.